The van der Waals surface area contributed by atoms with Gasteiger partial charge in [-0.05, 0) is 38.0 Å². The van der Waals surface area contributed by atoms with Crippen molar-refractivity contribution in [2.75, 3.05) is 32.8 Å². The van der Waals surface area contributed by atoms with E-state index in [2.05, 4.69) is 9.97 Å². The molecule has 2 N–H and O–H groups in total. The molecule has 4 rings (SSSR count). The van der Waals surface area contributed by atoms with E-state index in [4.69, 9.17) is 14.6 Å². The van der Waals surface area contributed by atoms with Crippen LogP contribution in [-0.4, -0.2) is 62.3 Å². The molecule has 0 saturated heterocycles. The Morgan fingerprint density at radius 3 is 2.55 bits per heavy atom. The second kappa shape index (κ2) is 8.97. The molecule has 0 spiro atoms. The summed E-state index contributed by atoms with van der Waals surface area (Å²) < 4.78 is 7.50. The summed E-state index contributed by atoms with van der Waals surface area (Å²) in [5, 5.41) is 19.1. The minimum atomic E-state index is -0.433. The molecule has 3 heterocycles. The quantitative estimate of drug-likeness (QED) is 0.418. The first kappa shape index (κ1) is 21.2. The van der Waals surface area contributed by atoms with Crippen LogP contribution >= 0.6 is 0 Å². The van der Waals surface area contributed by atoms with E-state index in [0.29, 0.717) is 42.1 Å². The number of nitrogens with zero attached hydrogens (tertiary/aromatic N) is 4. The van der Waals surface area contributed by atoms with Crippen molar-refractivity contribution in [2.45, 2.75) is 20.3 Å². The van der Waals surface area contributed by atoms with Crippen molar-refractivity contribution in [3.8, 4) is 11.3 Å². The molecule has 1 aromatic carbocycles. The lowest BCUT2D eigenvalue weighted by Gasteiger charge is -2.19. The van der Waals surface area contributed by atoms with E-state index in [1.807, 2.05) is 59.8 Å². The maximum absolute atomic E-state index is 12.7. The number of benzene rings is 1. The van der Waals surface area contributed by atoms with Gasteiger partial charge in [0.15, 0.2) is 5.65 Å². The number of aromatic nitrogens is 3. The van der Waals surface area contributed by atoms with Crippen LogP contribution in [0.15, 0.2) is 45.9 Å². The molecule has 0 aliphatic heterocycles. The molecular weight excluding hydrogens is 396 g/mol. The third kappa shape index (κ3) is 4.51. The van der Waals surface area contributed by atoms with Crippen molar-refractivity contribution in [2.24, 2.45) is 0 Å². The van der Waals surface area contributed by atoms with E-state index in [9.17, 15) is 4.79 Å². The fourth-order valence-electron chi connectivity index (χ4n) is 3.83. The average molecular weight is 422 g/mol. The Labute approximate surface area is 179 Å². The van der Waals surface area contributed by atoms with E-state index >= 15 is 0 Å². The van der Waals surface area contributed by atoms with Gasteiger partial charge in [-0.25, -0.2) is 9.78 Å². The van der Waals surface area contributed by atoms with Crippen LogP contribution in [0.4, 0.5) is 0 Å². The molecule has 4 aromatic rings. The van der Waals surface area contributed by atoms with Crippen molar-refractivity contribution in [1.29, 1.82) is 0 Å². The van der Waals surface area contributed by atoms with Crippen molar-refractivity contribution >= 4 is 16.6 Å². The first-order valence-corrected chi connectivity index (χ1v) is 10.3. The van der Waals surface area contributed by atoms with Gasteiger partial charge in [0.1, 0.15) is 5.58 Å². The summed E-state index contributed by atoms with van der Waals surface area (Å²) in [5.74, 6) is 0. The summed E-state index contributed by atoms with van der Waals surface area (Å²) in [6.45, 7) is 5.64. The van der Waals surface area contributed by atoms with Gasteiger partial charge < -0.3 is 19.0 Å². The average Bonchev–Trinajstić information content (AvgIpc) is 3.16. The number of hydrogen-bond donors (Lipinski definition) is 2. The Morgan fingerprint density at radius 2 is 1.81 bits per heavy atom. The summed E-state index contributed by atoms with van der Waals surface area (Å²) in [7, 11) is 0. The molecule has 0 aliphatic carbocycles. The predicted octanol–water partition coefficient (Wildman–Crippen LogP) is 1.95. The summed E-state index contributed by atoms with van der Waals surface area (Å²) in [4.78, 5) is 23.7. The zero-order chi connectivity index (χ0) is 22.0. The molecule has 8 heteroatoms. The summed E-state index contributed by atoms with van der Waals surface area (Å²) in [6, 6.07) is 7.62. The van der Waals surface area contributed by atoms with Crippen molar-refractivity contribution in [3.63, 3.8) is 0 Å². The number of imidazole rings is 1. The Bertz CT molecular complexity index is 1270. The molecule has 0 radical (unpaired) electrons. The SMILES string of the molecule is Cc1cn2cc(-c3cc4ccc(CCN(CCO)CCO)cc4oc3=O)nc2c(C)n1. The Hall–Kier alpha value is -3.07. The smallest absolute Gasteiger partial charge is 0.345 e. The predicted molar refractivity (Wildman–Crippen MR) is 118 cm³/mol. The van der Waals surface area contributed by atoms with Gasteiger partial charge in [0.2, 0.25) is 0 Å². The van der Waals surface area contributed by atoms with E-state index in [1.54, 1.807) is 0 Å². The first-order chi connectivity index (χ1) is 15.0. The molecule has 0 saturated carbocycles. The third-order valence-corrected chi connectivity index (χ3v) is 5.35. The molecular formula is C23H26N4O4. The highest BCUT2D eigenvalue weighted by atomic mass is 16.4. The lowest BCUT2D eigenvalue weighted by atomic mass is 10.1. The van der Waals surface area contributed by atoms with E-state index in [0.717, 1.165) is 28.8 Å². The van der Waals surface area contributed by atoms with E-state index in [-0.39, 0.29) is 13.2 Å². The van der Waals surface area contributed by atoms with Crippen LogP contribution in [0, 0.1) is 13.8 Å². The normalized spacial score (nSPS) is 11.8. The number of aliphatic hydroxyl groups is 2. The molecule has 3 aromatic heterocycles. The van der Waals surface area contributed by atoms with Gasteiger partial charge in [0.05, 0.1) is 35.9 Å². The number of rotatable bonds is 8. The highest BCUT2D eigenvalue weighted by molar-refractivity contribution is 5.81. The van der Waals surface area contributed by atoms with Crippen LogP contribution in [-0.2, 0) is 6.42 Å². The van der Waals surface area contributed by atoms with Gasteiger partial charge in [-0.15, -0.1) is 0 Å². The van der Waals surface area contributed by atoms with Gasteiger partial charge in [0, 0.05) is 37.4 Å². The van der Waals surface area contributed by atoms with Gasteiger partial charge in [-0.3, -0.25) is 9.88 Å². The van der Waals surface area contributed by atoms with Crippen LogP contribution in [0.5, 0.6) is 0 Å². The van der Waals surface area contributed by atoms with Gasteiger partial charge in [-0.1, -0.05) is 12.1 Å². The molecule has 0 fully saturated rings. The van der Waals surface area contributed by atoms with Crippen molar-refractivity contribution in [1.82, 2.24) is 19.3 Å². The third-order valence-electron chi connectivity index (χ3n) is 5.35. The Kier molecular flexibility index (Phi) is 6.13. The van der Waals surface area contributed by atoms with Crippen LogP contribution in [0.1, 0.15) is 17.0 Å². The highest BCUT2D eigenvalue weighted by Gasteiger charge is 2.14. The van der Waals surface area contributed by atoms with Crippen molar-refractivity contribution < 1.29 is 14.6 Å². The van der Waals surface area contributed by atoms with Gasteiger partial charge in [-0.2, -0.15) is 0 Å². The fraction of sp³-hybridized carbons (Fsp3) is 0.348. The number of fused-ring (bicyclic) bond motifs is 2. The molecule has 0 aliphatic rings. The maximum Gasteiger partial charge on any atom is 0.345 e. The summed E-state index contributed by atoms with van der Waals surface area (Å²) in [6.07, 6.45) is 4.42. The van der Waals surface area contributed by atoms with Crippen LogP contribution in [0.2, 0.25) is 0 Å². The zero-order valence-corrected chi connectivity index (χ0v) is 17.7. The minimum Gasteiger partial charge on any atom is -0.422 e. The molecule has 0 amide bonds. The van der Waals surface area contributed by atoms with Crippen LogP contribution < -0.4 is 5.63 Å². The molecule has 0 unspecified atom stereocenters. The van der Waals surface area contributed by atoms with E-state index in [1.165, 1.54) is 0 Å². The fourth-order valence-corrected chi connectivity index (χ4v) is 3.83. The Morgan fingerprint density at radius 1 is 1.03 bits per heavy atom. The highest BCUT2D eigenvalue weighted by Crippen LogP contribution is 2.23. The number of hydrogen-bond acceptors (Lipinski definition) is 7. The molecule has 0 atom stereocenters. The first-order valence-electron chi connectivity index (χ1n) is 10.3. The lowest BCUT2D eigenvalue weighted by molar-refractivity contribution is 0.162. The summed E-state index contributed by atoms with van der Waals surface area (Å²) >= 11 is 0. The standard InChI is InChI=1S/C23H26N4O4/c1-15-13-27-14-20(25-22(27)16(2)24-15)19-12-18-4-3-17(11-21(18)31-23(19)30)5-6-26(7-9-28)8-10-29/h3-4,11-14,28-29H,5-10H2,1-2H3. The molecule has 31 heavy (non-hydrogen) atoms. The van der Waals surface area contributed by atoms with Crippen molar-refractivity contribution in [3.05, 3.63) is 64.0 Å². The molecule has 0 bridgehead atoms. The van der Waals surface area contributed by atoms with Crippen LogP contribution in [0.25, 0.3) is 27.9 Å². The Balaban J connectivity index is 1.63. The monoisotopic (exact) mass is 422 g/mol. The molecule has 8 nitrogen and oxygen atoms in total. The van der Waals surface area contributed by atoms with Gasteiger partial charge >= 0.3 is 5.63 Å². The lowest BCUT2D eigenvalue weighted by Crippen LogP contribution is -2.31. The zero-order valence-electron chi connectivity index (χ0n) is 17.7. The maximum atomic E-state index is 12.7. The van der Waals surface area contributed by atoms with Gasteiger partial charge in [0.25, 0.3) is 0 Å². The molecule has 162 valence electrons. The largest absolute Gasteiger partial charge is 0.422 e. The van der Waals surface area contributed by atoms with Crippen LogP contribution in [0.3, 0.4) is 0 Å². The minimum absolute atomic E-state index is 0.0492. The summed E-state index contributed by atoms with van der Waals surface area (Å²) in [5.41, 5.74) is 4.48. The second-order valence-electron chi connectivity index (χ2n) is 7.68. The second-order valence-corrected chi connectivity index (χ2v) is 7.68. The number of aryl methyl sites for hydroxylation is 2. The van der Waals surface area contributed by atoms with E-state index < -0.39 is 5.63 Å². The topological polar surface area (TPSA) is 104 Å². The number of aliphatic hydroxyl groups excluding tert-OH is 2.